The molecule has 1 fully saturated rings. The molecule has 1 saturated heterocycles. The Balaban J connectivity index is 1.84. The van der Waals surface area contributed by atoms with E-state index in [1.165, 1.54) is 26.2 Å². The van der Waals surface area contributed by atoms with Crippen LogP contribution in [0.5, 0.6) is 23.0 Å². The predicted molar refractivity (Wildman–Crippen MR) is 143 cm³/mol. The standard InChI is InChI=1S/C30H31NO7/c1-18(2)38-21-11-9-19(10-12-21)17-31-27(20-7-6-8-22(15-20)35-3)26(29(33)30(31)34)28(32)24-16-23(36-4)13-14-25(24)37-5/h6-16,18,27,32H,17H2,1-5H3/b28-26+. The molecule has 0 aliphatic carbocycles. The van der Waals surface area contributed by atoms with Gasteiger partial charge in [0.2, 0.25) is 0 Å². The number of carbonyl (C=O) groups is 2. The van der Waals surface area contributed by atoms with Gasteiger partial charge in [-0.25, -0.2) is 0 Å². The number of nitrogens with zero attached hydrogens (tertiary/aromatic N) is 1. The van der Waals surface area contributed by atoms with Gasteiger partial charge in [0.1, 0.15) is 28.8 Å². The van der Waals surface area contributed by atoms with E-state index in [0.717, 1.165) is 5.56 Å². The van der Waals surface area contributed by atoms with E-state index >= 15 is 0 Å². The SMILES string of the molecule is COc1cccc(C2/C(=C(\O)c3cc(OC)ccc3OC)C(=O)C(=O)N2Cc2ccc(OC(C)C)cc2)c1. The molecule has 1 unspecified atom stereocenters. The molecule has 1 amide bonds. The van der Waals surface area contributed by atoms with E-state index in [4.69, 9.17) is 18.9 Å². The van der Waals surface area contributed by atoms with Crippen molar-refractivity contribution in [3.05, 3.63) is 89.0 Å². The average molecular weight is 518 g/mol. The van der Waals surface area contributed by atoms with Gasteiger partial charge in [0, 0.05) is 6.54 Å². The average Bonchev–Trinajstić information content (AvgIpc) is 3.18. The zero-order valence-electron chi connectivity index (χ0n) is 22.1. The molecule has 8 nitrogen and oxygen atoms in total. The lowest BCUT2D eigenvalue weighted by Gasteiger charge is -2.26. The van der Waals surface area contributed by atoms with Crippen molar-refractivity contribution < 1.29 is 33.6 Å². The topological polar surface area (TPSA) is 94.5 Å². The highest BCUT2D eigenvalue weighted by Crippen LogP contribution is 2.43. The van der Waals surface area contributed by atoms with Crippen LogP contribution < -0.4 is 18.9 Å². The van der Waals surface area contributed by atoms with Crippen LogP contribution in [-0.4, -0.2) is 49.1 Å². The molecule has 1 N–H and O–H groups in total. The van der Waals surface area contributed by atoms with Gasteiger partial charge in [-0.15, -0.1) is 0 Å². The highest BCUT2D eigenvalue weighted by Gasteiger charge is 2.46. The summed E-state index contributed by atoms with van der Waals surface area (Å²) < 4.78 is 21.9. The largest absolute Gasteiger partial charge is 0.507 e. The van der Waals surface area contributed by atoms with E-state index in [-0.39, 0.29) is 29.5 Å². The van der Waals surface area contributed by atoms with Crippen molar-refractivity contribution >= 4 is 17.4 Å². The lowest BCUT2D eigenvalue weighted by atomic mass is 9.94. The van der Waals surface area contributed by atoms with Gasteiger partial charge in [0.05, 0.1) is 44.6 Å². The monoisotopic (exact) mass is 517 g/mol. The second-order valence-electron chi connectivity index (χ2n) is 9.08. The molecule has 0 spiro atoms. The van der Waals surface area contributed by atoms with Gasteiger partial charge in [-0.3, -0.25) is 9.59 Å². The van der Waals surface area contributed by atoms with Crippen molar-refractivity contribution in [1.82, 2.24) is 4.90 Å². The van der Waals surface area contributed by atoms with Crippen LogP contribution in [0.1, 0.15) is 36.6 Å². The van der Waals surface area contributed by atoms with Crippen LogP contribution in [0.15, 0.2) is 72.3 Å². The molecular weight excluding hydrogens is 486 g/mol. The van der Waals surface area contributed by atoms with Crippen LogP contribution in [0.25, 0.3) is 5.76 Å². The van der Waals surface area contributed by atoms with Crippen molar-refractivity contribution in [2.75, 3.05) is 21.3 Å². The summed E-state index contributed by atoms with van der Waals surface area (Å²) in [4.78, 5) is 28.3. The van der Waals surface area contributed by atoms with Crippen molar-refractivity contribution in [2.24, 2.45) is 0 Å². The van der Waals surface area contributed by atoms with Crippen LogP contribution in [0, 0.1) is 0 Å². The Bertz CT molecular complexity index is 1360. The summed E-state index contributed by atoms with van der Waals surface area (Å²) in [6.07, 6.45) is 0.0281. The molecule has 3 aromatic carbocycles. The van der Waals surface area contributed by atoms with Gasteiger partial charge in [-0.2, -0.15) is 0 Å². The first kappa shape index (κ1) is 26.6. The number of aliphatic hydroxyl groups is 1. The highest BCUT2D eigenvalue weighted by atomic mass is 16.5. The van der Waals surface area contributed by atoms with Crippen molar-refractivity contribution in [1.29, 1.82) is 0 Å². The quantitative estimate of drug-likeness (QED) is 0.239. The van der Waals surface area contributed by atoms with Crippen LogP contribution in [0.2, 0.25) is 0 Å². The van der Waals surface area contributed by atoms with Gasteiger partial charge in [0.15, 0.2) is 0 Å². The number of ether oxygens (including phenoxy) is 4. The number of carbonyl (C=O) groups excluding carboxylic acids is 2. The van der Waals surface area contributed by atoms with E-state index in [1.54, 1.807) is 42.5 Å². The van der Waals surface area contributed by atoms with Gasteiger partial charge >= 0.3 is 0 Å². The lowest BCUT2D eigenvalue weighted by molar-refractivity contribution is -0.140. The van der Waals surface area contributed by atoms with Gasteiger partial charge < -0.3 is 29.0 Å². The Labute approximate surface area is 222 Å². The number of benzene rings is 3. The van der Waals surface area contributed by atoms with Crippen LogP contribution >= 0.6 is 0 Å². The maximum Gasteiger partial charge on any atom is 0.295 e. The molecule has 1 heterocycles. The molecule has 8 heteroatoms. The third kappa shape index (κ3) is 5.29. The Hall–Kier alpha value is -4.46. The first-order valence-electron chi connectivity index (χ1n) is 12.2. The smallest absolute Gasteiger partial charge is 0.295 e. The molecule has 4 rings (SSSR count). The normalized spacial score (nSPS) is 16.6. The molecule has 0 saturated carbocycles. The number of methoxy groups -OCH3 is 3. The fourth-order valence-electron chi connectivity index (χ4n) is 4.49. The fourth-order valence-corrected chi connectivity index (χ4v) is 4.49. The number of aliphatic hydroxyl groups excluding tert-OH is 1. The highest BCUT2D eigenvalue weighted by molar-refractivity contribution is 6.46. The molecule has 198 valence electrons. The number of hydrogen-bond acceptors (Lipinski definition) is 7. The summed E-state index contributed by atoms with van der Waals surface area (Å²) in [7, 11) is 4.50. The number of rotatable bonds is 9. The number of likely N-dealkylation sites (tertiary alicyclic amines) is 1. The first-order valence-corrected chi connectivity index (χ1v) is 12.2. The van der Waals surface area contributed by atoms with Crippen LogP contribution in [0.3, 0.4) is 0 Å². The van der Waals surface area contributed by atoms with Crippen molar-refractivity contribution in [2.45, 2.75) is 32.5 Å². The molecule has 38 heavy (non-hydrogen) atoms. The zero-order chi connectivity index (χ0) is 27.4. The molecule has 0 bridgehead atoms. The molecule has 0 radical (unpaired) electrons. The third-order valence-corrected chi connectivity index (χ3v) is 6.26. The molecular formula is C30H31NO7. The van der Waals surface area contributed by atoms with Crippen molar-refractivity contribution in [3.63, 3.8) is 0 Å². The van der Waals surface area contributed by atoms with E-state index in [2.05, 4.69) is 0 Å². The van der Waals surface area contributed by atoms with Crippen LogP contribution in [-0.2, 0) is 16.1 Å². The summed E-state index contributed by atoms with van der Waals surface area (Å²) in [5, 5.41) is 11.5. The summed E-state index contributed by atoms with van der Waals surface area (Å²) in [5.41, 5.74) is 1.61. The summed E-state index contributed by atoms with van der Waals surface area (Å²) in [6, 6.07) is 18.5. The van der Waals surface area contributed by atoms with Crippen molar-refractivity contribution in [3.8, 4) is 23.0 Å². The van der Waals surface area contributed by atoms with E-state index in [9.17, 15) is 14.7 Å². The Morgan fingerprint density at radius 3 is 2.16 bits per heavy atom. The number of amides is 1. The maximum absolute atomic E-state index is 13.5. The molecule has 3 aromatic rings. The molecule has 0 aromatic heterocycles. The van der Waals surface area contributed by atoms with Gasteiger partial charge in [0.25, 0.3) is 11.7 Å². The summed E-state index contributed by atoms with van der Waals surface area (Å²) in [6.45, 7) is 4.03. The number of ketones is 1. The Morgan fingerprint density at radius 1 is 0.868 bits per heavy atom. The minimum absolute atomic E-state index is 0.0281. The first-order chi connectivity index (χ1) is 18.3. The minimum atomic E-state index is -0.868. The minimum Gasteiger partial charge on any atom is -0.507 e. The third-order valence-electron chi connectivity index (χ3n) is 6.26. The Morgan fingerprint density at radius 2 is 1.53 bits per heavy atom. The molecule has 1 aliphatic rings. The number of hydrogen-bond donors (Lipinski definition) is 1. The predicted octanol–water partition coefficient (Wildman–Crippen LogP) is 5.12. The lowest BCUT2D eigenvalue weighted by Crippen LogP contribution is -2.29. The zero-order valence-corrected chi connectivity index (χ0v) is 22.1. The summed E-state index contributed by atoms with van der Waals surface area (Å²) >= 11 is 0. The molecule has 1 aliphatic heterocycles. The Kier molecular flexibility index (Phi) is 7.90. The van der Waals surface area contributed by atoms with Gasteiger partial charge in [-0.1, -0.05) is 24.3 Å². The number of Topliss-reactive ketones (excluding diaryl/α,β-unsaturated/α-hetero) is 1. The second kappa shape index (κ2) is 11.3. The maximum atomic E-state index is 13.5. The molecule has 1 atom stereocenters. The van der Waals surface area contributed by atoms with Gasteiger partial charge in [-0.05, 0) is 67.4 Å². The fraction of sp³-hybridized carbons (Fsp3) is 0.267. The van der Waals surface area contributed by atoms with E-state index in [0.29, 0.717) is 28.6 Å². The second-order valence-corrected chi connectivity index (χ2v) is 9.08. The van der Waals surface area contributed by atoms with E-state index in [1.807, 2.05) is 38.1 Å². The van der Waals surface area contributed by atoms with Crippen LogP contribution in [0.4, 0.5) is 0 Å². The van der Waals surface area contributed by atoms with E-state index < -0.39 is 17.7 Å². The summed E-state index contributed by atoms with van der Waals surface area (Å²) in [5.74, 6) is 0.198.